The first-order valence-electron chi connectivity index (χ1n) is 4.25. The molecule has 0 spiro atoms. The van der Waals surface area contributed by atoms with Gasteiger partial charge < -0.3 is 0 Å². The lowest BCUT2D eigenvalue weighted by molar-refractivity contribution is 0.644. The number of hydrogen-bond donors (Lipinski definition) is 0. The van der Waals surface area contributed by atoms with Crippen molar-refractivity contribution in [3.8, 4) is 0 Å². The fourth-order valence-corrected chi connectivity index (χ4v) is 1.58. The van der Waals surface area contributed by atoms with Gasteiger partial charge in [0.15, 0.2) is 0 Å². The van der Waals surface area contributed by atoms with Gasteiger partial charge in [0, 0.05) is 5.03 Å². The average molecular weight is 171 g/mol. The molecule has 0 aliphatic heterocycles. The lowest BCUT2D eigenvalue weighted by Gasteiger charge is -2.12. The van der Waals surface area contributed by atoms with Crippen molar-refractivity contribution in [2.75, 3.05) is 0 Å². The van der Waals surface area contributed by atoms with Gasteiger partial charge in [-0.3, -0.25) is 0 Å². The van der Waals surface area contributed by atoms with E-state index in [0.717, 1.165) is 24.3 Å². The molecule has 0 bridgehead atoms. The molecule has 1 heteroatoms. The molecule has 11 heavy (non-hydrogen) atoms. The summed E-state index contributed by atoms with van der Waals surface area (Å²) in [5.74, 6) is 0.710. The summed E-state index contributed by atoms with van der Waals surface area (Å²) < 4.78 is 0. The molecule has 62 valence electrons. The van der Waals surface area contributed by atoms with Gasteiger partial charge in [0.05, 0.1) is 0 Å². The van der Waals surface area contributed by atoms with Crippen LogP contribution >= 0.6 is 11.6 Å². The molecule has 0 aromatic rings. The van der Waals surface area contributed by atoms with E-state index in [0.29, 0.717) is 5.92 Å². The van der Waals surface area contributed by atoms with Gasteiger partial charge >= 0.3 is 0 Å². The van der Waals surface area contributed by atoms with Gasteiger partial charge in [0.1, 0.15) is 0 Å². The molecule has 1 rings (SSSR count). The summed E-state index contributed by atoms with van der Waals surface area (Å²) in [7, 11) is 0. The Kier molecular flexibility index (Phi) is 3.19. The summed E-state index contributed by atoms with van der Waals surface area (Å²) >= 11 is 6.02. The Bertz CT molecular complexity index is 187. The van der Waals surface area contributed by atoms with Crippen LogP contribution in [0.1, 0.15) is 33.1 Å². The predicted octanol–water partition coefficient (Wildman–Crippen LogP) is 3.88. The zero-order valence-electron chi connectivity index (χ0n) is 7.23. The summed E-state index contributed by atoms with van der Waals surface area (Å²) in [6.45, 7) is 4.44. The van der Waals surface area contributed by atoms with E-state index in [2.05, 4.69) is 26.0 Å². The normalized spacial score (nSPS) is 18.2. The van der Waals surface area contributed by atoms with E-state index >= 15 is 0 Å². The topological polar surface area (TPSA) is 0 Å². The molecule has 0 aromatic carbocycles. The second-order valence-corrected chi connectivity index (χ2v) is 3.86. The monoisotopic (exact) mass is 170 g/mol. The Labute approximate surface area is 73.9 Å². The quantitative estimate of drug-likeness (QED) is 0.590. The van der Waals surface area contributed by atoms with Crippen LogP contribution in [0.2, 0.25) is 0 Å². The molecule has 0 amide bonds. The third-order valence-electron chi connectivity index (χ3n) is 1.82. The molecule has 0 radical (unpaired) electrons. The van der Waals surface area contributed by atoms with E-state index in [1.165, 1.54) is 5.57 Å². The molecule has 0 saturated carbocycles. The third-order valence-corrected chi connectivity index (χ3v) is 2.21. The highest BCUT2D eigenvalue weighted by atomic mass is 35.5. The number of halogens is 1. The van der Waals surface area contributed by atoms with E-state index in [4.69, 9.17) is 11.6 Å². The molecule has 0 aromatic heterocycles. The molecule has 0 nitrogen and oxygen atoms in total. The van der Waals surface area contributed by atoms with E-state index in [9.17, 15) is 0 Å². The zero-order valence-corrected chi connectivity index (χ0v) is 7.99. The fraction of sp³-hybridized carbons (Fsp3) is 0.600. The second-order valence-electron chi connectivity index (χ2n) is 3.46. The number of rotatable bonds is 2. The minimum atomic E-state index is 0.710. The predicted molar refractivity (Wildman–Crippen MR) is 50.7 cm³/mol. The zero-order chi connectivity index (χ0) is 8.27. The van der Waals surface area contributed by atoms with Crippen LogP contribution in [0.15, 0.2) is 22.8 Å². The minimum Gasteiger partial charge on any atom is -0.0844 e. The van der Waals surface area contributed by atoms with Crippen LogP contribution in [0.25, 0.3) is 0 Å². The van der Waals surface area contributed by atoms with Crippen molar-refractivity contribution in [3.05, 3.63) is 22.8 Å². The van der Waals surface area contributed by atoms with Gasteiger partial charge in [0.2, 0.25) is 0 Å². The summed E-state index contributed by atoms with van der Waals surface area (Å²) in [6, 6.07) is 0. The number of hydrogen-bond acceptors (Lipinski definition) is 0. The van der Waals surface area contributed by atoms with Crippen molar-refractivity contribution < 1.29 is 0 Å². The minimum absolute atomic E-state index is 0.710. The first kappa shape index (κ1) is 8.86. The van der Waals surface area contributed by atoms with E-state index in [-0.39, 0.29) is 0 Å². The lowest BCUT2D eigenvalue weighted by Crippen LogP contribution is -1.95. The summed E-state index contributed by atoms with van der Waals surface area (Å²) in [5, 5.41) is 0.977. The fourth-order valence-electron chi connectivity index (χ4n) is 1.32. The Balaban J connectivity index is 2.56. The summed E-state index contributed by atoms with van der Waals surface area (Å²) in [4.78, 5) is 0. The molecule has 0 atom stereocenters. The SMILES string of the molecule is CC(C)CC1=CCCC=C1Cl. The Morgan fingerprint density at radius 2 is 2.00 bits per heavy atom. The van der Waals surface area contributed by atoms with E-state index in [1.807, 2.05) is 0 Å². The molecular formula is C10H15Cl. The summed E-state index contributed by atoms with van der Waals surface area (Å²) in [5.41, 5.74) is 1.34. The van der Waals surface area contributed by atoms with Crippen LogP contribution in [0.4, 0.5) is 0 Å². The van der Waals surface area contributed by atoms with Crippen molar-refractivity contribution in [1.29, 1.82) is 0 Å². The largest absolute Gasteiger partial charge is 0.0844 e. The smallest absolute Gasteiger partial charge is 0.0395 e. The van der Waals surface area contributed by atoms with Gasteiger partial charge in [0.25, 0.3) is 0 Å². The van der Waals surface area contributed by atoms with Crippen molar-refractivity contribution in [2.24, 2.45) is 5.92 Å². The van der Waals surface area contributed by atoms with E-state index < -0.39 is 0 Å². The Morgan fingerprint density at radius 3 is 2.55 bits per heavy atom. The molecule has 1 aliphatic carbocycles. The van der Waals surface area contributed by atoms with Crippen LogP contribution in [-0.4, -0.2) is 0 Å². The van der Waals surface area contributed by atoms with Crippen molar-refractivity contribution in [1.82, 2.24) is 0 Å². The second kappa shape index (κ2) is 3.96. The number of allylic oxidation sites excluding steroid dienone is 4. The first-order chi connectivity index (χ1) is 5.20. The molecule has 0 fully saturated rings. The van der Waals surface area contributed by atoms with Gasteiger partial charge in [-0.2, -0.15) is 0 Å². The van der Waals surface area contributed by atoms with Crippen LogP contribution < -0.4 is 0 Å². The molecule has 0 saturated heterocycles. The third kappa shape index (κ3) is 2.70. The maximum absolute atomic E-state index is 6.02. The van der Waals surface area contributed by atoms with Crippen LogP contribution in [0.3, 0.4) is 0 Å². The molecule has 1 aliphatic rings. The average Bonchev–Trinajstić information content (AvgIpc) is 1.93. The molecule has 0 heterocycles. The highest BCUT2D eigenvalue weighted by Crippen LogP contribution is 2.27. The molecule has 0 unspecified atom stereocenters. The van der Waals surface area contributed by atoms with Crippen LogP contribution in [0.5, 0.6) is 0 Å². The van der Waals surface area contributed by atoms with Crippen molar-refractivity contribution >= 4 is 11.6 Å². The Morgan fingerprint density at radius 1 is 1.36 bits per heavy atom. The highest BCUT2D eigenvalue weighted by Gasteiger charge is 2.07. The summed E-state index contributed by atoms with van der Waals surface area (Å²) in [6.07, 6.45) is 7.79. The van der Waals surface area contributed by atoms with E-state index in [1.54, 1.807) is 0 Å². The lowest BCUT2D eigenvalue weighted by atomic mass is 9.98. The highest BCUT2D eigenvalue weighted by molar-refractivity contribution is 6.32. The molecule has 0 N–H and O–H groups in total. The van der Waals surface area contributed by atoms with Crippen LogP contribution in [-0.2, 0) is 0 Å². The van der Waals surface area contributed by atoms with Crippen LogP contribution in [0, 0.1) is 5.92 Å². The van der Waals surface area contributed by atoms with Gasteiger partial charge in [-0.25, -0.2) is 0 Å². The van der Waals surface area contributed by atoms with Gasteiger partial charge in [-0.1, -0.05) is 37.6 Å². The molecular weight excluding hydrogens is 156 g/mol. The van der Waals surface area contributed by atoms with Gasteiger partial charge in [-0.15, -0.1) is 0 Å². The standard InChI is InChI=1S/C10H15Cl/c1-8(2)7-9-5-3-4-6-10(9)11/h5-6,8H,3-4,7H2,1-2H3. The van der Waals surface area contributed by atoms with Gasteiger partial charge in [-0.05, 0) is 30.8 Å². The maximum atomic E-state index is 6.02. The van der Waals surface area contributed by atoms with Crippen molar-refractivity contribution in [2.45, 2.75) is 33.1 Å². The van der Waals surface area contributed by atoms with Crippen molar-refractivity contribution in [3.63, 3.8) is 0 Å². The Hall–Kier alpha value is -0.230. The first-order valence-corrected chi connectivity index (χ1v) is 4.63. The maximum Gasteiger partial charge on any atom is 0.0395 e.